The number of nitrogens with one attached hydrogen (secondary N) is 2. The molecule has 0 spiro atoms. The molecule has 0 saturated carbocycles. The van der Waals surface area contributed by atoms with Crippen LogP contribution in [0.15, 0.2) is 53.7 Å². The first-order chi connectivity index (χ1) is 21.2. The maximum Gasteiger partial charge on any atom is 0.281 e. The normalized spacial score (nSPS) is 21.1. The number of nitrogens with zero attached hydrogens (tertiary/aromatic N) is 5. The smallest absolute Gasteiger partial charge is 0.281 e. The third kappa shape index (κ3) is 7.22. The lowest BCUT2D eigenvalue weighted by molar-refractivity contribution is 0.0981. The summed E-state index contributed by atoms with van der Waals surface area (Å²) in [4.78, 5) is 32.1. The van der Waals surface area contributed by atoms with Crippen molar-refractivity contribution in [2.45, 2.75) is 75.9 Å². The number of aromatic nitrogens is 3. The Labute approximate surface area is 266 Å². The molecule has 2 aliphatic rings. The van der Waals surface area contributed by atoms with Crippen molar-refractivity contribution in [3.63, 3.8) is 0 Å². The Balaban J connectivity index is 1.55. The van der Waals surface area contributed by atoms with Gasteiger partial charge in [0, 0.05) is 43.9 Å². The summed E-state index contributed by atoms with van der Waals surface area (Å²) >= 11 is 0. The van der Waals surface area contributed by atoms with Crippen LogP contribution in [0.4, 0.5) is 17.3 Å². The standard InChI is InChI=1S/C33H45N7O4S/c1-32(2,3)27-16-13-24-30(36-27)40-21-22(19-33(40,4)5)11-14-26(25-15-12-23(20-34-25)39(6)17-18-44-7)35-28-9-8-10-29(37-28)45(42,43)38-31(24)41/h8-10,12-13,15-16,20,22,26H,11,14,17-19,21H2,1-7H3,(H,35,37)(H,38,41)/t22-,26-/m0/s1. The van der Waals surface area contributed by atoms with E-state index >= 15 is 0 Å². The van der Waals surface area contributed by atoms with Crippen LogP contribution < -0.4 is 19.8 Å². The second-order valence-electron chi connectivity index (χ2n) is 13.7. The Morgan fingerprint density at radius 3 is 2.56 bits per heavy atom. The van der Waals surface area contributed by atoms with Gasteiger partial charge >= 0.3 is 0 Å². The number of hydrogen-bond acceptors (Lipinski definition) is 10. The molecule has 3 aromatic heterocycles. The predicted molar refractivity (Wildman–Crippen MR) is 176 cm³/mol. The van der Waals surface area contributed by atoms with Crippen LogP contribution in [0.25, 0.3) is 0 Å². The zero-order valence-electron chi connectivity index (χ0n) is 27.3. The number of carbonyl (C=O) groups is 1. The van der Waals surface area contributed by atoms with Crippen LogP contribution in [-0.2, 0) is 20.2 Å². The van der Waals surface area contributed by atoms with Crippen LogP contribution in [0.1, 0.15) is 81.7 Å². The summed E-state index contributed by atoms with van der Waals surface area (Å²) in [5.74, 6) is 0.472. The number of fused-ring (bicyclic) bond motifs is 6. The van der Waals surface area contributed by atoms with Gasteiger partial charge in [0.1, 0.15) is 11.6 Å². The highest BCUT2D eigenvalue weighted by atomic mass is 32.2. The van der Waals surface area contributed by atoms with Crippen LogP contribution in [0.5, 0.6) is 0 Å². The van der Waals surface area contributed by atoms with Crippen molar-refractivity contribution in [2.75, 3.05) is 49.0 Å². The summed E-state index contributed by atoms with van der Waals surface area (Å²) in [5.41, 5.74) is 2.30. The molecule has 3 aromatic rings. The van der Waals surface area contributed by atoms with Gasteiger partial charge in [-0.3, -0.25) is 9.78 Å². The van der Waals surface area contributed by atoms with Gasteiger partial charge in [-0.15, -0.1) is 0 Å². The molecule has 0 aromatic carbocycles. The molecule has 0 unspecified atom stereocenters. The lowest BCUT2D eigenvalue weighted by atomic mass is 9.90. The summed E-state index contributed by atoms with van der Waals surface area (Å²) in [6.07, 6.45) is 4.37. The van der Waals surface area contributed by atoms with Gasteiger partial charge < -0.3 is 19.9 Å². The molecule has 1 amide bonds. The van der Waals surface area contributed by atoms with E-state index in [1.807, 2.05) is 25.4 Å². The lowest BCUT2D eigenvalue weighted by Gasteiger charge is -2.34. The predicted octanol–water partition coefficient (Wildman–Crippen LogP) is 4.92. The number of methoxy groups -OCH3 is 1. The van der Waals surface area contributed by atoms with Gasteiger partial charge in [0.15, 0.2) is 5.03 Å². The molecule has 0 radical (unpaired) electrons. The van der Waals surface area contributed by atoms with E-state index in [0.29, 0.717) is 30.7 Å². The molecule has 1 fully saturated rings. The Morgan fingerprint density at radius 1 is 1.09 bits per heavy atom. The van der Waals surface area contributed by atoms with Crippen molar-refractivity contribution in [2.24, 2.45) is 5.92 Å². The van der Waals surface area contributed by atoms with E-state index in [1.165, 1.54) is 6.07 Å². The molecule has 2 N–H and O–H groups in total. The first kappa shape index (κ1) is 32.6. The Kier molecular flexibility index (Phi) is 9.10. The molecule has 11 nitrogen and oxygen atoms in total. The molecule has 2 aliphatic heterocycles. The van der Waals surface area contributed by atoms with Crippen molar-refractivity contribution in [1.82, 2.24) is 19.7 Å². The average molecular weight is 636 g/mol. The van der Waals surface area contributed by atoms with Crippen molar-refractivity contribution in [1.29, 1.82) is 0 Å². The van der Waals surface area contributed by atoms with Gasteiger partial charge in [-0.2, -0.15) is 8.42 Å². The van der Waals surface area contributed by atoms with Crippen molar-refractivity contribution in [3.8, 4) is 0 Å². The topological polar surface area (TPSA) is 130 Å². The molecule has 1 saturated heterocycles. The number of hydrogen-bond donors (Lipinski definition) is 2. The van der Waals surface area contributed by atoms with Gasteiger partial charge in [-0.1, -0.05) is 26.8 Å². The fourth-order valence-corrected chi connectivity index (χ4v) is 7.07. The maximum absolute atomic E-state index is 13.7. The van der Waals surface area contributed by atoms with Crippen molar-refractivity contribution >= 4 is 33.3 Å². The van der Waals surface area contributed by atoms with Gasteiger partial charge in [0.2, 0.25) is 0 Å². The fraction of sp³-hybridized carbons (Fsp3) is 0.515. The monoisotopic (exact) mass is 635 g/mol. The highest BCUT2D eigenvalue weighted by Crippen LogP contribution is 2.41. The molecule has 242 valence electrons. The number of sulfonamides is 1. The van der Waals surface area contributed by atoms with Crippen molar-refractivity contribution in [3.05, 3.63) is 65.6 Å². The van der Waals surface area contributed by atoms with Gasteiger partial charge in [0.25, 0.3) is 15.9 Å². The molecular formula is C33H45N7O4S. The number of rotatable bonds is 5. The Morgan fingerprint density at radius 2 is 1.87 bits per heavy atom. The van der Waals surface area contributed by atoms with Crippen LogP contribution >= 0.6 is 0 Å². The number of likely N-dealkylation sites (N-methyl/N-ethyl adjacent to an activating group) is 1. The highest BCUT2D eigenvalue weighted by molar-refractivity contribution is 7.90. The highest BCUT2D eigenvalue weighted by Gasteiger charge is 2.41. The largest absolute Gasteiger partial charge is 0.383 e. The van der Waals surface area contributed by atoms with Crippen LogP contribution in [0.3, 0.4) is 0 Å². The maximum atomic E-state index is 13.7. The molecule has 0 aliphatic carbocycles. The SMILES string of the molecule is COCCN(C)c1ccc([C@@H]2CC[C@@H]3CN(c4nc(C(C)(C)C)ccc4C(=O)NS(=O)(=O)c4cccc(n4)N2)C(C)(C)C3)nc1. The second-order valence-corrected chi connectivity index (χ2v) is 15.4. The molecule has 12 heteroatoms. The summed E-state index contributed by atoms with van der Waals surface area (Å²) in [6.45, 7) is 12.6. The van der Waals surface area contributed by atoms with Crippen molar-refractivity contribution < 1.29 is 17.9 Å². The number of anilines is 3. The third-order valence-corrected chi connectivity index (χ3v) is 9.95. The number of pyridine rings is 3. The molecular weight excluding hydrogens is 590 g/mol. The molecule has 2 atom stereocenters. The van der Waals surface area contributed by atoms with Gasteiger partial charge in [-0.25, -0.2) is 14.7 Å². The summed E-state index contributed by atoms with van der Waals surface area (Å²) in [6, 6.07) is 12.0. The summed E-state index contributed by atoms with van der Waals surface area (Å²) in [5, 5.41) is 3.20. The van der Waals surface area contributed by atoms with E-state index in [0.717, 1.165) is 42.9 Å². The Hall–Kier alpha value is -3.77. The second kappa shape index (κ2) is 12.6. The number of carbonyl (C=O) groups excluding carboxylic acids is 1. The summed E-state index contributed by atoms with van der Waals surface area (Å²) < 4.78 is 34.4. The fourth-order valence-electron chi connectivity index (χ4n) is 6.14. The van der Waals surface area contributed by atoms with E-state index in [2.05, 4.69) is 59.4 Å². The first-order valence-electron chi connectivity index (χ1n) is 15.4. The van der Waals surface area contributed by atoms with Gasteiger partial charge in [-0.05, 0) is 75.4 Å². The van der Waals surface area contributed by atoms with Crippen LogP contribution in [0.2, 0.25) is 0 Å². The number of amides is 1. The minimum atomic E-state index is -4.29. The van der Waals surface area contributed by atoms with Crippen LogP contribution in [0, 0.1) is 5.92 Å². The first-order valence-corrected chi connectivity index (χ1v) is 16.9. The summed E-state index contributed by atoms with van der Waals surface area (Å²) in [7, 11) is -0.606. The van der Waals surface area contributed by atoms with Crippen LogP contribution in [-0.4, -0.2) is 68.7 Å². The number of ether oxygens (including phenoxy) is 1. The minimum Gasteiger partial charge on any atom is -0.383 e. The molecule has 45 heavy (non-hydrogen) atoms. The van der Waals surface area contributed by atoms with E-state index in [-0.39, 0.29) is 27.6 Å². The average Bonchev–Trinajstić information content (AvgIpc) is 3.30. The van der Waals surface area contributed by atoms with E-state index in [9.17, 15) is 13.2 Å². The van der Waals surface area contributed by atoms with E-state index in [1.54, 1.807) is 31.4 Å². The van der Waals surface area contributed by atoms with Gasteiger partial charge in [0.05, 0.1) is 35.8 Å². The van der Waals surface area contributed by atoms with E-state index < -0.39 is 15.9 Å². The zero-order chi connectivity index (χ0) is 32.6. The molecule has 5 heterocycles. The van der Waals surface area contributed by atoms with E-state index in [4.69, 9.17) is 14.7 Å². The minimum absolute atomic E-state index is 0.219. The molecule has 4 bridgehead atoms. The Bertz CT molecular complexity index is 1640. The lowest BCUT2D eigenvalue weighted by Crippen LogP contribution is -2.41. The third-order valence-electron chi connectivity index (χ3n) is 8.71. The molecule has 5 rings (SSSR count). The zero-order valence-corrected chi connectivity index (χ0v) is 28.1. The quantitative estimate of drug-likeness (QED) is 0.398.